The number of aromatic carboxylic acids is 1. The zero-order valence-corrected chi connectivity index (χ0v) is 14.9. The molecule has 0 saturated carbocycles. The summed E-state index contributed by atoms with van der Waals surface area (Å²) in [7, 11) is -2.63. The van der Waals surface area contributed by atoms with Gasteiger partial charge in [-0.2, -0.15) is 0 Å². The lowest BCUT2D eigenvalue weighted by molar-refractivity contribution is 0.0697. The summed E-state index contributed by atoms with van der Waals surface area (Å²) in [5, 5.41) is 9.06. The van der Waals surface area contributed by atoms with E-state index in [1.54, 1.807) is 0 Å². The van der Waals surface area contributed by atoms with Crippen molar-refractivity contribution in [3.8, 4) is 5.75 Å². The van der Waals surface area contributed by atoms with E-state index in [1.807, 2.05) is 0 Å². The summed E-state index contributed by atoms with van der Waals surface area (Å²) in [6, 6.07) is 8.08. The fraction of sp³-hybridized carbons (Fsp3) is 0.0714. The predicted octanol–water partition coefficient (Wildman–Crippen LogP) is 3.61. The monoisotopic (exact) mass is 419 g/mol. The van der Waals surface area contributed by atoms with Gasteiger partial charge in [-0.15, -0.1) is 0 Å². The lowest BCUT2D eigenvalue weighted by Gasteiger charge is -2.13. The van der Waals surface area contributed by atoms with Crippen LogP contribution >= 0.6 is 27.5 Å². The van der Waals surface area contributed by atoms with Gasteiger partial charge in [0.2, 0.25) is 0 Å². The van der Waals surface area contributed by atoms with Gasteiger partial charge in [0.25, 0.3) is 10.0 Å². The molecular formula is C14H11BrClNO5S. The molecule has 0 radical (unpaired) electrons. The minimum absolute atomic E-state index is 0.0519. The van der Waals surface area contributed by atoms with E-state index in [0.29, 0.717) is 4.47 Å². The summed E-state index contributed by atoms with van der Waals surface area (Å²) < 4.78 is 32.9. The second-order valence-electron chi connectivity index (χ2n) is 4.41. The lowest BCUT2D eigenvalue weighted by atomic mass is 10.2. The van der Waals surface area contributed by atoms with E-state index in [2.05, 4.69) is 20.7 Å². The smallest absolute Gasteiger partial charge is 0.335 e. The van der Waals surface area contributed by atoms with E-state index in [9.17, 15) is 13.2 Å². The highest BCUT2D eigenvalue weighted by atomic mass is 79.9. The van der Waals surface area contributed by atoms with Crippen LogP contribution in [0.1, 0.15) is 10.4 Å². The number of nitrogens with one attached hydrogen (secondary N) is 1. The van der Waals surface area contributed by atoms with E-state index in [1.165, 1.54) is 43.5 Å². The number of ether oxygens (including phenoxy) is 1. The second kappa shape index (κ2) is 6.77. The minimum atomic E-state index is -3.97. The molecule has 0 spiro atoms. The van der Waals surface area contributed by atoms with Crippen LogP contribution < -0.4 is 9.46 Å². The Morgan fingerprint density at radius 1 is 1.26 bits per heavy atom. The Kier molecular flexibility index (Phi) is 5.18. The number of carbonyl (C=O) groups is 1. The lowest BCUT2D eigenvalue weighted by Crippen LogP contribution is -2.14. The normalized spacial score (nSPS) is 11.1. The fourth-order valence-corrected chi connectivity index (χ4v) is 4.27. The number of hydrogen-bond acceptors (Lipinski definition) is 4. The maximum atomic E-state index is 12.5. The Bertz CT molecular complexity index is 852. The molecule has 0 unspecified atom stereocenters. The third-order valence-electron chi connectivity index (χ3n) is 2.85. The van der Waals surface area contributed by atoms with Gasteiger partial charge in [-0.05, 0) is 52.3 Å². The Morgan fingerprint density at radius 3 is 2.39 bits per heavy atom. The fourth-order valence-electron chi connectivity index (χ4n) is 1.83. The largest absolute Gasteiger partial charge is 0.494 e. The van der Waals surface area contributed by atoms with E-state index in [4.69, 9.17) is 21.4 Å². The number of methoxy groups -OCH3 is 1. The summed E-state index contributed by atoms with van der Waals surface area (Å²) in [6.45, 7) is 0. The van der Waals surface area contributed by atoms with Crippen LogP contribution in [0, 0.1) is 0 Å². The first-order chi connectivity index (χ1) is 10.7. The van der Waals surface area contributed by atoms with Gasteiger partial charge in [-0.25, -0.2) is 13.2 Å². The Balaban J connectivity index is 2.41. The topological polar surface area (TPSA) is 92.7 Å². The molecule has 122 valence electrons. The third-order valence-corrected chi connectivity index (χ3v) is 5.05. The van der Waals surface area contributed by atoms with Gasteiger partial charge in [-0.1, -0.05) is 11.6 Å². The van der Waals surface area contributed by atoms with E-state index >= 15 is 0 Å². The Labute approximate surface area is 146 Å². The Hall–Kier alpha value is -1.77. The van der Waals surface area contributed by atoms with Crippen LogP contribution in [-0.4, -0.2) is 26.6 Å². The molecule has 0 fully saturated rings. The molecular weight excluding hydrogens is 410 g/mol. The molecule has 0 aliphatic heterocycles. The molecule has 23 heavy (non-hydrogen) atoms. The number of sulfonamides is 1. The summed E-state index contributed by atoms with van der Waals surface area (Å²) in [5.74, 6) is -0.982. The quantitative estimate of drug-likeness (QED) is 0.771. The molecule has 2 aromatic rings. The molecule has 9 heteroatoms. The van der Waals surface area contributed by atoms with Crippen molar-refractivity contribution in [3.63, 3.8) is 0 Å². The van der Waals surface area contributed by atoms with Gasteiger partial charge in [0.15, 0.2) is 5.75 Å². The van der Waals surface area contributed by atoms with Crippen LogP contribution in [0.3, 0.4) is 0 Å². The molecule has 0 aromatic heterocycles. The van der Waals surface area contributed by atoms with E-state index < -0.39 is 16.0 Å². The number of rotatable bonds is 5. The maximum absolute atomic E-state index is 12.5. The van der Waals surface area contributed by atoms with Gasteiger partial charge in [0, 0.05) is 10.7 Å². The predicted molar refractivity (Wildman–Crippen MR) is 89.9 cm³/mol. The number of anilines is 1. The SMILES string of the molecule is COc1c(Br)cc(Cl)cc1S(=O)(=O)Nc1ccc(C(=O)O)cc1. The number of carboxylic acids is 1. The van der Waals surface area contributed by atoms with Crippen molar-refractivity contribution in [2.75, 3.05) is 11.8 Å². The molecule has 0 saturated heterocycles. The van der Waals surface area contributed by atoms with Crippen molar-refractivity contribution in [1.29, 1.82) is 0 Å². The maximum Gasteiger partial charge on any atom is 0.335 e. The first kappa shape index (κ1) is 17.6. The molecule has 6 nitrogen and oxygen atoms in total. The number of hydrogen-bond donors (Lipinski definition) is 2. The molecule has 0 aliphatic rings. The van der Waals surface area contributed by atoms with Crippen LogP contribution in [0.25, 0.3) is 0 Å². The highest BCUT2D eigenvalue weighted by molar-refractivity contribution is 9.10. The average Bonchev–Trinajstić information content (AvgIpc) is 2.46. The van der Waals surface area contributed by atoms with Crippen molar-refractivity contribution < 1.29 is 23.1 Å². The summed E-state index contributed by atoms with van der Waals surface area (Å²) in [4.78, 5) is 10.7. The third kappa shape index (κ3) is 3.95. The molecule has 0 aliphatic carbocycles. The first-order valence-electron chi connectivity index (χ1n) is 6.14. The van der Waals surface area contributed by atoms with Gasteiger partial charge >= 0.3 is 5.97 Å². The van der Waals surface area contributed by atoms with Gasteiger partial charge in [-0.3, -0.25) is 4.72 Å². The van der Waals surface area contributed by atoms with Crippen LogP contribution in [-0.2, 0) is 10.0 Å². The molecule has 0 amide bonds. The average molecular weight is 421 g/mol. The van der Waals surface area contributed by atoms with Crippen molar-refractivity contribution in [2.24, 2.45) is 0 Å². The summed E-state index contributed by atoms with van der Waals surface area (Å²) >= 11 is 9.10. The highest BCUT2D eigenvalue weighted by Gasteiger charge is 2.22. The van der Waals surface area contributed by atoms with Crippen LogP contribution in [0.5, 0.6) is 5.75 Å². The molecule has 2 N–H and O–H groups in total. The summed E-state index contributed by atoms with van der Waals surface area (Å²) in [6.07, 6.45) is 0. The second-order valence-corrected chi connectivity index (χ2v) is 7.35. The van der Waals surface area contributed by atoms with Crippen LogP contribution in [0.15, 0.2) is 45.8 Å². The molecule has 0 atom stereocenters. The zero-order valence-electron chi connectivity index (χ0n) is 11.7. The van der Waals surface area contributed by atoms with Crippen molar-refractivity contribution in [2.45, 2.75) is 4.90 Å². The number of halogens is 2. The van der Waals surface area contributed by atoms with Gasteiger partial charge in [0.1, 0.15) is 4.90 Å². The Morgan fingerprint density at radius 2 is 1.87 bits per heavy atom. The van der Waals surface area contributed by atoms with Crippen molar-refractivity contribution >= 4 is 49.2 Å². The van der Waals surface area contributed by atoms with Crippen LogP contribution in [0.4, 0.5) is 5.69 Å². The summed E-state index contributed by atoms with van der Waals surface area (Å²) in [5.41, 5.74) is 0.268. The number of benzene rings is 2. The molecule has 2 aromatic carbocycles. The zero-order chi connectivity index (χ0) is 17.2. The standard InChI is InChI=1S/C14H11BrClNO5S/c1-22-13-11(15)6-9(16)7-12(13)23(20,21)17-10-4-2-8(3-5-10)14(18)19/h2-7,17H,1H3,(H,18,19). The molecule has 2 rings (SSSR count). The van der Waals surface area contributed by atoms with Gasteiger partial charge in [0.05, 0.1) is 17.1 Å². The molecule has 0 heterocycles. The van der Waals surface area contributed by atoms with Gasteiger partial charge < -0.3 is 9.84 Å². The van der Waals surface area contributed by atoms with Crippen molar-refractivity contribution in [3.05, 3.63) is 51.5 Å². The number of carboxylic acid groups (broad SMARTS) is 1. The van der Waals surface area contributed by atoms with Crippen LogP contribution in [0.2, 0.25) is 5.02 Å². The molecule has 0 bridgehead atoms. The highest BCUT2D eigenvalue weighted by Crippen LogP contribution is 2.36. The first-order valence-corrected chi connectivity index (χ1v) is 8.79. The van der Waals surface area contributed by atoms with E-state index in [0.717, 1.165) is 0 Å². The van der Waals surface area contributed by atoms with Crippen molar-refractivity contribution in [1.82, 2.24) is 0 Å². The van der Waals surface area contributed by atoms with E-state index in [-0.39, 0.29) is 26.9 Å². The minimum Gasteiger partial charge on any atom is -0.494 e.